The van der Waals surface area contributed by atoms with Gasteiger partial charge in [-0.1, -0.05) is 12.1 Å². The van der Waals surface area contributed by atoms with Gasteiger partial charge in [0.05, 0.1) is 43.6 Å². The first-order valence-electron chi connectivity index (χ1n) is 14.7. The molecule has 2 spiro atoms. The van der Waals surface area contributed by atoms with Gasteiger partial charge in [0.1, 0.15) is 29.5 Å². The van der Waals surface area contributed by atoms with Crippen LogP contribution in [-0.2, 0) is 48.5 Å². The molecule has 7 rings (SSSR count). The lowest BCUT2D eigenvalue weighted by Gasteiger charge is -2.50. The Morgan fingerprint density at radius 3 is 2.50 bits per heavy atom. The fourth-order valence-electron chi connectivity index (χ4n) is 7.31. The maximum atomic E-state index is 14.3. The molecular weight excluding hydrogens is 570 g/mol. The summed E-state index contributed by atoms with van der Waals surface area (Å²) < 4.78 is 40.0. The zero-order chi connectivity index (χ0) is 30.6. The Hall–Kier alpha value is -4.06. The molecule has 44 heavy (non-hydrogen) atoms. The van der Waals surface area contributed by atoms with Gasteiger partial charge in [-0.2, -0.15) is 0 Å². The van der Waals surface area contributed by atoms with E-state index in [1.165, 1.54) is 17.0 Å². The number of pyridine rings is 1. The van der Waals surface area contributed by atoms with Crippen LogP contribution < -0.4 is 5.32 Å². The Labute approximate surface area is 253 Å². The standard InChI is InChI=1S/C33H32F2N4O5/c1-38-16-28(21-9-23(34)12-24(35)10-21)39(31(42)33(38)18-43-7-8-44-19-33)17-30(41)37-25-5-4-20-14-32(15-22(20)11-25)26-3-2-6-36-27(26)13-29(32)40/h2-6,9-12,28H,7-8,13-19H2,1H3,(H,37,41)/t28-,32+/m0/s1. The molecule has 4 aliphatic rings. The van der Waals surface area contributed by atoms with E-state index in [4.69, 9.17) is 9.47 Å². The van der Waals surface area contributed by atoms with Crippen molar-refractivity contribution in [1.82, 2.24) is 14.8 Å². The SMILES string of the molecule is CN1C[C@@H](c2cc(F)cc(F)c2)N(CC(=O)Nc2ccc3c(c2)C[C@@]2(C3)C(=O)Cc3ncccc32)C(=O)C12COCCOC2. The summed E-state index contributed by atoms with van der Waals surface area (Å²) in [5.41, 5.74) is 2.79. The molecule has 0 radical (unpaired) electrons. The number of Topliss-reactive ketones (excluding diaryl/α,β-unsaturated/α-hetero) is 1. The largest absolute Gasteiger partial charge is 0.376 e. The first-order chi connectivity index (χ1) is 21.2. The minimum Gasteiger partial charge on any atom is -0.376 e. The van der Waals surface area contributed by atoms with Crippen LogP contribution in [0.4, 0.5) is 14.5 Å². The number of benzene rings is 2. The summed E-state index contributed by atoms with van der Waals surface area (Å²) in [7, 11) is 1.75. The third-order valence-corrected chi connectivity index (χ3v) is 9.59. The topological polar surface area (TPSA) is 101 Å². The first kappa shape index (κ1) is 28.7. The number of halogens is 2. The van der Waals surface area contributed by atoms with Gasteiger partial charge < -0.3 is 19.7 Å². The van der Waals surface area contributed by atoms with Gasteiger partial charge in [0.25, 0.3) is 0 Å². The molecular formula is C33H32F2N4O5. The van der Waals surface area contributed by atoms with Crippen LogP contribution in [0.25, 0.3) is 0 Å². The molecule has 2 amide bonds. The Kier molecular flexibility index (Phi) is 7.06. The number of rotatable bonds is 4. The Morgan fingerprint density at radius 2 is 1.75 bits per heavy atom. The van der Waals surface area contributed by atoms with E-state index in [1.54, 1.807) is 24.2 Å². The normalized spacial score (nSPS) is 24.4. The number of ketones is 1. The number of fused-ring (bicyclic) bond motifs is 3. The lowest BCUT2D eigenvalue weighted by Crippen LogP contribution is -2.69. The molecule has 1 aromatic heterocycles. The number of nitrogens with zero attached hydrogens (tertiary/aromatic N) is 3. The molecule has 2 aliphatic carbocycles. The number of piperazine rings is 1. The lowest BCUT2D eigenvalue weighted by molar-refractivity contribution is -0.164. The van der Waals surface area contributed by atoms with Crippen LogP contribution in [0.1, 0.15) is 34.0 Å². The number of anilines is 1. The van der Waals surface area contributed by atoms with E-state index in [-0.39, 0.29) is 37.6 Å². The van der Waals surface area contributed by atoms with Crippen molar-refractivity contribution in [2.45, 2.75) is 36.3 Å². The number of likely N-dealkylation sites (N-methyl/N-ethyl adjacent to an activating group) is 1. The number of carbonyl (C=O) groups excluding carboxylic acids is 3. The Morgan fingerprint density at radius 1 is 1.02 bits per heavy atom. The summed E-state index contributed by atoms with van der Waals surface area (Å²) >= 11 is 0. The van der Waals surface area contributed by atoms with Gasteiger partial charge in [-0.05, 0) is 72.5 Å². The second-order valence-corrected chi connectivity index (χ2v) is 12.2. The molecule has 3 aromatic rings. The molecule has 2 aliphatic heterocycles. The molecule has 9 nitrogen and oxygen atoms in total. The van der Waals surface area contributed by atoms with E-state index in [1.807, 2.05) is 24.3 Å². The highest BCUT2D eigenvalue weighted by atomic mass is 19.1. The van der Waals surface area contributed by atoms with Gasteiger partial charge in [0.2, 0.25) is 11.8 Å². The molecule has 2 saturated heterocycles. The average Bonchev–Trinajstić information content (AvgIpc) is 3.37. The molecule has 11 heteroatoms. The van der Waals surface area contributed by atoms with E-state index in [2.05, 4.69) is 10.3 Å². The van der Waals surface area contributed by atoms with Crippen molar-refractivity contribution in [2.24, 2.45) is 0 Å². The van der Waals surface area contributed by atoms with Crippen LogP contribution in [-0.4, -0.2) is 84.5 Å². The zero-order valence-electron chi connectivity index (χ0n) is 24.3. The number of nitrogens with one attached hydrogen (secondary N) is 1. The summed E-state index contributed by atoms with van der Waals surface area (Å²) in [6.07, 6.45) is 3.14. The Balaban J connectivity index is 1.14. The van der Waals surface area contributed by atoms with Crippen LogP contribution in [0.3, 0.4) is 0 Å². The molecule has 2 fully saturated rings. The Bertz CT molecular complexity index is 1650. The summed E-state index contributed by atoms with van der Waals surface area (Å²) in [4.78, 5) is 48.4. The second kappa shape index (κ2) is 10.8. The molecule has 0 saturated carbocycles. The van der Waals surface area contributed by atoms with Crippen molar-refractivity contribution in [3.05, 3.63) is 94.3 Å². The fourth-order valence-corrected chi connectivity index (χ4v) is 7.31. The number of carbonyl (C=O) groups is 3. The van der Waals surface area contributed by atoms with Crippen LogP contribution in [0.5, 0.6) is 0 Å². The monoisotopic (exact) mass is 602 g/mol. The highest BCUT2D eigenvalue weighted by Gasteiger charge is 2.53. The minimum absolute atomic E-state index is 0.0641. The molecule has 0 unspecified atom stereocenters. The predicted octanol–water partition coefficient (Wildman–Crippen LogP) is 2.76. The van der Waals surface area contributed by atoms with Gasteiger partial charge >= 0.3 is 0 Å². The first-order valence-corrected chi connectivity index (χ1v) is 14.7. The molecule has 0 bridgehead atoms. The smallest absolute Gasteiger partial charge is 0.248 e. The highest BCUT2D eigenvalue weighted by Crippen LogP contribution is 2.46. The van der Waals surface area contributed by atoms with E-state index >= 15 is 0 Å². The second-order valence-electron chi connectivity index (χ2n) is 12.2. The van der Waals surface area contributed by atoms with Crippen LogP contribution in [0.2, 0.25) is 0 Å². The van der Waals surface area contributed by atoms with E-state index in [0.717, 1.165) is 28.5 Å². The number of ether oxygens (including phenoxy) is 2. The summed E-state index contributed by atoms with van der Waals surface area (Å²) in [5, 5.41) is 2.90. The van der Waals surface area contributed by atoms with Gasteiger partial charge in [-0.25, -0.2) is 8.78 Å². The molecule has 3 heterocycles. The molecule has 1 N–H and O–H groups in total. The van der Waals surface area contributed by atoms with Crippen molar-refractivity contribution in [3.63, 3.8) is 0 Å². The quantitative estimate of drug-likeness (QED) is 0.490. The highest BCUT2D eigenvalue weighted by molar-refractivity contribution is 5.99. The van der Waals surface area contributed by atoms with Crippen LogP contribution >= 0.6 is 0 Å². The van der Waals surface area contributed by atoms with Crippen molar-refractivity contribution < 1.29 is 32.6 Å². The van der Waals surface area contributed by atoms with Crippen LogP contribution in [0.15, 0.2) is 54.7 Å². The van der Waals surface area contributed by atoms with Crippen molar-refractivity contribution in [2.75, 3.05) is 51.9 Å². The van der Waals surface area contributed by atoms with Gasteiger partial charge in [-0.15, -0.1) is 0 Å². The third-order valence-electron chi connectivity index (χ3n) is 9.59. The maximum absolute atomic E-state index is 14.3. The number of amides is 2. The molecule has 228 valence electrons. The summed E-state index contributed by atoms with van der Waals surface area (Å²) in [6, 6.07) is 11.8. The number of hydrogen-bond acceptors (Lipinski definition) is 7. The van der Waals surface area contributed by atoms with E-state index < -0.39 is 40.4 Å². The fraction of sp³-hybridized carbons (Fsp3) is 0.394. The van der Waals surface area contributed by atoms with Crippen molar-refractivity contribution in [1.29, 1.82) is 0 Å². The van der Waals surface area contributed by atoms with Crippen molar-refractivity contribution >= 4 is 23.3 Å². The average molecular weight is 603 g/mol. The third kappa shape index (κ3) is 4.70. The van der Waals surface area contributed by atoms with Gasteiger partial charge in [0.15, 0.2) is 0 Å². The summed E-state index contributed by atoms with van der Waals surface area (Å²) in [6.45, 7) is 0.642. The van der Waals surface area contributed by atoms with Crippen molar-refractivity contribution in [3.8, 4) is 0 Å². The lowest BCUT2D eigenvalue weighted by atomic mass is 9.78. The number of aromatic nitrogens is 1. The number of hydrogen-bond donors (Lipinski definition) is 1. The summed E-state index contributed by atoms with van der Waals surface area (Å²) in [5.74, 6) is -2.26. The minimum atomic E-state index is -1.18. The zero-order valence-corrected chi connectivity index (χ0v) is 24.3. The van der Waals surface area contributed by atoms with E-state index in [9.17, 15) is 23.2 Å². The molecule has 2 atom stereocenters. The maximum Gasteiger partial charge on any atom is 0.248 e. The van der Waals surface area contributed by atoms with Gasteiger partial charge in [0, 0.05) is 30.9 Å². The molecule has 2 aromatic carbocycles. The van der Waals surface area contributed by atoms with E-state index in [0.29, 0.717) is 38.2 Å². The van der Waals surface area contributed by atoms with Gasteiger partial charge in [-0.3, -0.25) is 24.3 Å². The van der Waals surface area contributed by atoms with Crippen LogP contribution in [0, 0.1) is 11.6 Å². The predicted molar refractivity (Wildman–Crippen MR) is 155 cm³/mol.